The van der Waals surface area contributed by atoms with E-state index in [1.807, 2.05) is 37.6 Å². The maximum absolute atomic E-state index is 14.2. The van der Waals surface area contributed by atoms with E-state index in [2.05, 4.69) is 10.4 Å². The van der Waals surface area contributed by atoms with Gasteiger partial charge in [-0.3, -0.25) is 9.48 Å². The Morgan fingerprint density at radius 2 is 1.82 bits per heavy atom. The van der Waals surface area contributed by atoms with E-state index in [1.165, 1.54) is 23.9 Å². The Bertz CT molecular complexity index is 1700. The zero-order valence-electron chi connectivity index (χ0n) is 22.9. The maximum Gasteiger partial charge on any atom is 0.238 e. The summed E-state index contributed by atoms with van der Waals surface area (Å²) in [6, 6.07) is 11.7. The van der Waals surface area contributed by atoms with Crippen LogP contribution in [0.4, 0.5) is 10.1 Å². The van der Waals surface area contributed by atoms with Crippen LogP contribution in [0.2, 0.25) is 0 Å². The molecule has 208 valence electrons. The van der Waals surface area contributed by atoms with Crippen LogP contribution >= 0.6 is 11.8 Å². The van der Waals surface area contributed by atoms with Gasteiger partial charge in [-0.25, -0.2) is 14.4 Å². The third kappa shape index (κ3) is 5.44. The molecular weight excluding hydrogens is 533 g/mol. The highest BCUT2D eigenvalue weighted by molar-refractivity contribution is 8.00. The minimum absolute atomic E-state index is 0.132. The lowest BCUT2D eigenvalue weighted by atomic mass is 10.2. The number of aryl methyl sites for hydroxylation is 4. The number of aromatic nitrogens is 6. The third-order valence-electron chi connectivity index (χ3n) is 6.48. The number of rotatable bonds is 10. The molecule has 0 aliphatic carbocycles. The number of halogens is 1. The van der Waals surface area contributed by atoms with Gasteiger partial charge >= 0.3 is 0 Å². The van der Waals surface area contributed by atoms with Crippen molar-refractivity contribution in [1.29, 1.82) is 0 Å². The zero-order chi connectivity index (χ0) is 28.4. The molecule has 0 saturated heterocycles. The highest BCUT2D eigenvalue weighted by Gasteiger charge is 2.24. The molecular formula is C28H30FN7O3S. The van der Waals surface area contributed by atoms with Crippen LogP contribution in [0.1, 0.15) is 30.6 Å². The average molecular weight is 564 g/mol. The lowest BCUT2D eigenvalue weighted by Crippen LogP contribution is -2.25. The molecule has 0 radical (unpaired) electrons. The molecule has 0 fully saturated rings. The van der Waals surface area contributed by atoms with Crippen molar-refractivity contribution in [3.05, 3.63) is 65.5 Å². The van der Waals surface area contributed by atoms with E-state index in [-0.39, 0.29) is 11.6 Å². The standard InChI is InChI=1S/C28H30FN7O3S/c1-6-24(27(37)30-20-10-8-7-9-19(20)29)40-28-31-21-15-23(39-5)22(38-4)14-18(21)26-32-25(34-36(26)28)11-12-35-17(3)13-16(2)33-35/h7-10,13-15,24H,6,11-12H2,1-5H3,(H,30,37). The van der Waals surface area contributed by atoms with Crippen LogP contribution in [-0.2, 0) is 17.8 Å². The zero-order valence-corrected chi connectivity index (χ0v) is 23.8. The number of ether oxygens (including phenoxy) is 2. The molecule has 3 aromatic heterocycles. The third-order valence-corrected chi connectivity index (χ3v) is 7.79. The Labute approximate surface area is 234 Å². The van der Waals surface area contributed by atoms with E-state index in [0.29, 0.717) is 53.0 Å². The quantitative estimate of drug-likeness (QED) is 0.187. The van der Waals surface area contributed by atoms with Gasteiger partial charge in [0.05, 0.1) is 36.4 Å². The molecule has 40 heavy (non-hydrogen) atoms. The molecule has 0 bridgehead atoms. The Kier molecular flexibility index (Phi) is 7.88. The number of hydrogen-bond acceptors (Lipinski definition) is 8. The lowest BCUT2D eigenvalue weighted by Gasteiger charge is -2.16. The van der Waals surface area contributed by atoms with Gasteiger partial charge in [0, 0.05) is 30.1 Å². The molecule has 10 nitrogen and oxygen atoms in total. The second-order valence-corrected chi connectivity index (χ2v) is 10.4. The molecule has 2 aromatic carbocycles. The molecule has 0 aliphatic heterocycles. The smallest absolute Gasteiger partial charge is 0.238 e. The van der Waals surface area contributed by atoms with Gasteiger partial charge in [-0.2, -0.15) is 9.61 Å². The van der Waals surface area contributed by atoms with E-state index in [1.54, 1.807) is 36.9 Å². The van der Waals surface area contributed by atoms with Crippen LogP contribution in [0.15, 0.2) is 47.6 Å². The Morgan fingerprint density at radius 3 is 2.50 bits per heavy atom. The van der Waals surface area contributed by atoms with E-state index < -0.39 is 11.1 Å². The monoisotopic (exact) mass is 563 g/mol. The Balaban J connectivity index is 1.54. The summed E-state index contributed by atoms with van der Waals surface area (Å²) >= 11 is 1.25. The first kappa shape index (κ1) is 27.4. The first-order chi connectivity index (χ1) is 19.3. The normalized spacial score (nSPS) is 12.2. The molecule has 1 amide bonds. The SMILES string of the molecule is CCC(Sc1nc2cc(OC)c(OC)cc2c2nc(CCn3nc(C)cc3C)nn12)C(=O)Nc1ccccc1F. The summed E-state index contributed by atoms with van der Waals surface area (Å²) in [5, 5.41) is 12.7. The molecule has 12 heteroatoms. The largest absolute Gasteiger partial charge is 0.493 e. The highest BCUT2D eigenvalue weighted by atomic mass is 32.2. The summed E-state index contributed by atoms with van der Waals surface area (Å²) in [6.45, 7) is 6.48. The number of para-hydroxylation sites is 1. The summed E-state index contributed by atoms with van der Waals surface area (Å²) < 4.78 is 28.8. The lowest BCUT2D eigenvalue weighted by molar-refractivity contribution is -0.115. The summed E-state index contributed by atoms with van der Waals surface area (Å²) in [5.41, 5.74) is 3.35. The van der Waals surface area contributed by atoms with Crippen molar-refractivity contribution < 1.29 is 18.7 Å². The van der Waals surface area contributed by atoms with E-state index in [9.17, 15) is 9.18 Å². The number of nitrogens with one attached hydrogen (secondary N) is 1. The van der Waals surface area contributed by atoms with Crippen molar-refractivity contribution in [3.8, 4) is 11.5 Å². The van der Waals surface area contributed by atoms with Crippen LogP contribution in [0.25, 0.3) is 16.6 Å². The van der Waals surface area contributed by atoms with Crippen molar-refractivity contribution >= 4 is 39.9 Å². The summed E-state index contributed by atoms with van der Waals surface area (Å²) in [5.74, 6) is 0.858. The fraction of sp³-hybridized carbons (Fsp3) is 0.321. The van der Waals surface area contributed by atoms with Crippen LogP contribution in [-0.4, -0.2) is 54.7 Å². The number of nitrogens with zero attached hydrogens (tertiary/aromatic N) is 6. The average Bonchev–Trinajstić information content (AvgIpc) is 3.52. The number of carbonyl (C=O) groups is 1. The van der Waals surface area contributed by atoms with E-state index in [4.69, 9.17) is 24.5 Å². The Hall–Kier alpha value is -4.19. The van der Waals surface area contributed by atoms with Crippen LogP contribution in [0.5, 0.6) is 11.5 Å². The van der Waals surface area contributed by atoms with Crippen LogP contribution in [0.3, 0.4) is 0 Å². The Morgan fingerprint density at radius 1 is 1.07 bits per heavy atom. The second-order valence-electron chi connectivity index (χ2n) is 9.27. The fourth-order valence-electron chi connectivity index (χ4n) is 4.47. The fourth-order valence-corrected chi connectivity index (χ4v) is 5.43. The molecule has 1 atom stereocenters. The van der Waals surface area contributed by atoms with Crippen molar-refractivity contribution in [2.75, 3.05) is 19.5 Å². The number of methoxy groups -OCH3 is 2. The van der Waals surface area contributed by atoms with Gasteiger partial charge in [0.2, 0.25) is 5.91 Å². The van der Waals surface area contributed by atoms with Crippen molar-refractivity contribution in [1.82, 2.24) is 29.4 Å². The molecule has 5 aromatic rings. The minimum atomic E-state index is -0.560. The molecule has 1 unspecified atom stereocenters. The topological polar surface area (TPSA) is 108 Å². The summed E-state index contributed by atoms with van der Waals surface area (Å²) in [7, 11) is 3.13. The molecule has 0 aliphatic rings. The van der Waals surface area contributed by atoms with Gasteiger partial charge in [0.15, 0.2) is 28.1 Å². The molecule has 3 heterocycles. The van der Waals surface area contributed by atoms with E-state index in [0.717, 1.165) is 16.8 Å². The van der Waals surface area contributed by atoms with Gasteiger partial charge in [0.25, 0.3) is 0 Å². The van der Waals surface area contributed by atoms with Crippen molar-refractivity contribution in [2.24, 2.45) is 0 Å². The van der Waals surface area contributed by atoms with Gasteiger partial charge in [0.1, 0.15) is 5.82 Å². The van der Waals surface area contributed by atoms with Gasteiger partial charge in [-0.1, -0.05) is 30.8 Å². The van der Waals surface area contributed by atoms with Crippen LogP contribution < -0.4 is 14.8 Å². The predicted octanol–water partition coefficient (Wildman–Crippen LogP) is 5.00. The molecule has 0 spiro atoms. The van der Waals surface area contributed by atoms with E-state index >= 15 is 0 Å². The van der Waals surface area contributed by atoms with Gasteiger partial charge < -0.3 is 14.8 Å². The first-order valence-electron chi connectivity index (χ1n) is 12.9. The summed E-state index contributed by atoms with van der Waals surface area (Å²) in [4.78, 5) is 22.9. The number of hydrogen-bond donors (Lipinski definition) is 1. The number of amides is 1. The number of fused-ring (bicyclic) bond motifs is 3. The minimum Gasteiger partial charge on any atom is -0.493 e. The number of thioether (sulfide) groups is 1. The van der Waals surface area contributed by atoms with Crippen molar-refractivity contribution in [2.45, 2.75) is 50.6 Å². The number of carbonyl (C=O) groups excluding carboxylic acids is 1. The first-order valence-corrected chi connectivity index (χ1v) is 13.7. The van der Waals surface area contributed by atoms with Crippen molar-refractivity contribution in [3.63, 3.8) is 0 Å². The molecule has 0 saturated carbocycles. The second kappa shape index (κ2) is 11.5. The van der Waals surface area contributed by atoms with Gasteiger partial charge in [-0.15, -0.1) is 5.10 Å². The highest BCUT2D eigenvalue weighted by Crippen LogP contribution is 2.35. The van der Waals surface area contributed by atoms with Crippen LogP contribution in [0, 0.1) is 19.7 Å². The van der Waals surface area contributed by atoms with Gasteiger partial charge in [-0.05, 0) is 44.5 Å². The molecule has 5 rings (SSSR count). The predicted molar refractivity (Wildman–Crippen MR) is 152 cm³/mol. The number of benzene rings is 2. The summed E-state index contributed by atoms with van der Waals surface area (Å²) in [6.07, 6.45) is 1.03. The number of anilines is 1. The maximum atomic E-state index is 14.2. The molecule has 1 N–H and O–H groups in total.